The fourth-order valence-corrected chi connectivity index (χ4v) is 3.71. The number of halogens is 3. The third kappa shape index (κ3) is 3.61. The fraction of sp³-hybridized carbons (Fsp3) is 0.500. The van der Waals surface area contributed by atoms with Gasteiger partial charge in [0.2, 0.25) is 10.0 Å². The number of rotatable bonds is 6. The minimum atomic E-state index is -3.95. The SMILES string of the molecule is CCn1cc(Br)c(CN(C)S(=O)(=O)c2cn(C(F)F)nc2C)n1. The van der Waals surface area contributed by atoms with Crippen LogP contribution in [0.25, 0.3) is 0 Å². The zero-order valence-electron chi connectivity index (χ0n) is 12.7. The van der Waals surface area contributed by atoms with E-state index in [1.165, 1.54) is 14.0 Å². The van der Waals surface area contributed by atoms with Gasteiger partial charge in [0.1, 0.15) is 4.90 Å². The molecule has 0 fully saturated rings. The molecule has 11 heteroatoms. The van der Waals surface area contributed by atoms with Crippen molar-refractivity contribution >= 4 is 26.0 Å². The van der Waals surface area contributed by atoms with Crippen molar-refractivity contribution in [2.45, 2.75) is 38.4 Å². The first-order valence-corrected chi connectivity index (χ1v) is 8.92. The molecule has 128 valence electrons. The van der Waals surface area contributed by atoms with E-state index in [0.717, 1.165) is 10.5 Å². The molecule has 0 aliphatic carbocycles. The van der Waals surface area contributed by atoms with E-state index in [2.05, 4.69) is 26.1 Å². The molecular weight excluding hydrogens is 396 g/mol. The summed E-state index contributed by atoms with van der Waals surface area (Å²) >= 11 is 3.33. The molecule has 0 aliphatic rings. The highest BCUT2D eigenvalue weighted by atomic mass is 79.9. The quantitative estimate of drug-likeness (QED) is 0.731. The highest BCUT2D eigenvalue weighted by Crippen LogP contribution is 2.23. The Bertz CT molecular complexity index is 802. The molecule has 0 spiro atoms. The van der Waals surface area contributed by atoms with Crippen LogP contribution in [0.1, 0.15) is 24.9 Å². The molecule has 0 amide bonds. The first-order chi connectivity index (χ1) is 10.7. The van der Waals surface area contributed by atoms with Crippen LogP contribution < -0.4 is 0 Å². The van der Waals surface area contributed by atoms with Crippen molar-refractivity contribution in [3.8, 4) is 0 Å². The zero-order valence-corrected chi connectivity index (χ0v) is 15.1. The standard InChI is InChI=1S/C12H16BrF2N5O2S/c1-4-19-5-9(13)10(17-19)6-18(3)23(21,22)11-7-20(12(14)15)16-8(11)2/h5,7,12H,4,6H2,1-3H3. The molecule has 2 aromatic rings. The fourth-order valence-electron chi connectivity index (χ4n) is 1.99. The molecule has 23 heavy (non-hydrogen) atoms. The number of sulfonamides is 1. The van der Waals surface area contributed by atoms with Crippen molar-refractivity contribution in [1.82, 2.24) is 23.9 Å². The highest BCUT2D eigenvalue weighted by Gasteiger charge is 2.28. The summed E-state index contributed by atoms with van der Waals surface area (Å²) < 4.78 is 54.2. The maximum Gasteiger partial charge on any atom is 0.333 e. The van der Waals surface area contributed by atoms with Gasteiger partial charge in [0.25, 0.3) is 0 Å². The second kappa shape index (κ2) is 6.65. The van der Waals surface area contributed by atoms with Crippen LogP contribution in [0.2, 0.25) is 0 Å². The molecule has 7 nitrogen and oxygen atoms in total. The van der Waals surface area contributed by atoms with Gasteiger partial charge in [0.05, 0.1) is 28.6 Å². The van der Waals surface area contributed by atoms with Crippen molar-refractivity contribution in [3.63, 3.8) is 0 Å². The van der Waals surface area contributed by atoms with Gasteiger partial charge in [-0.2, -0.15) is 23.3 Å². The molecule has 0 saturated heterocycles. The molecule has 0 saturated carbocycles. The Morgan fingerprint density at radius 3 is 2.48 bits per heavy atom. The topological polar surface area (TPSA) is 73.0 Å². The Morgan fingerprint density at radius 1 is 1.35 bits per heavy atom. The summed E-state index contributed by atoms with van der Waals surface area (Å²) in [5, 5.41) is 7.79. The second-order valence-corrected chi connectivity index (χ2v) is 7.74. The van der Waals surface area contributed by atoms with Crippen molar-refractivity contribution < 1.29 is 17.2 Å². The Morgan fingerprint density at radius 2 is 2.00 bits per heavy atom. The van der Waals surface area contributed by atoms with Crippen molar-refractivity contribution in [1.29, 1.82) is 0 Å². The molecule has 2 aromatic heterocycles. The lowest BCUT2D eigenvalue weighted by molar-refractivity contribution is 0.0561. The summed E-state index contributed by atoms with van der Waals surface area (Å²) in [5.74, 6) is 0. The number of hydrogen-bond acceptors (Lipinski definition) is 4. The first-order valence-electron chi connectivity index (χ1n) is 6.68. The summed E-state index contributed by atoms with van der Waals surface area (Å²) in [7, 11) is -2.58. The Hall–Kier alpha value is -1.33. The van der Waals surface area contributed by atoms with Gasteiger partial charge in [-0.3, -0.25) is 4.68 Å². The van der Waals surface area contributed by atoms with Crippen LogP contribution in [0.4, 0.5) is 8.78 Å². The van der Waals surface area contributed by atoms with Crippen LogP contribution in [0, 0.1) is 6.92 Å². The Labute approximate surface area is 141 Å². The minimum Gasteiger partial charge on any atom is -0.272 e. The van der Waals surface area contributed by atoms with E-state index in [9.17, 15) is 17.2 Å². The van der Waals surface area contributed by atoms with E-state index in [4.69, 9.17) is 0 Å². The van der Waals surface area contributed by atoms with Gasteiger partial charge < -0.3 is 0 Å². The van der Waals surface area contributed by atoms with Crippen LogP contribution in [0.3, 0.4) is 0 Å². The molecule has 0 atom stereocenters. The minimum absolute atomic E-state index is 0.00914. The number of aryl methyl sites for hydroxylation is 2. The molecule has 0 unspecified atom stereocenters. The van der Waals surface area contributed by atoms with E-state index in [1.807, 2.05) is 6.92 Å². The maximum absolute atomic E-state index is 12.7. The Kier molecular flexibility index (Phi) is 5.21. The number of hydrogen-bond donors (Lipinski definition) is 0. The predicted molar refractivity (Wildman–Crippen MR) is 82.5 cm³/mol. The van der Waals surface area contributed by atoms with Crippen LogP contribution in [-0.2, 0) is 23.1 Å². The number of aromatic nitrogens is 4. The average Bonchev–Trinajstić information content (AvgIpc) is 3.03. The predicted octanol–water partition coefficient (Wildman–Crippen LogP) is 2.39. The Balaban J connectivity index is 2.30. The van der Waals surface area contributed by atoms with Crippen molar-refractivity contribution in [2.75, 3.05) is 7.05 Å². The van der Waals surface area contributed by atoms with Crippen LogP contribution in [-0.4, -0.2) is 39.3 Å². The normalized spacial score (nSPS) is 12.5. The largest absolute Gasteiger partial charge is 0.333 e. The van der Waals surface area contributed by atoms with Crippen LogP contribution >= 0.6 is 15.9 Å². The molecule has 0 aromatic carbocycles. The molecule has 2 rings (SSSR count). The third-order valence-corrected chi connectivity index (χ3v) is 5.81. The van der Waals surface area contributed by atoms with Gasteiger partial charge in [0.15, 0.2) is 0 Å². The molecule has 0 bridgehead atoms. The summed E-state index contributed by atoms with van der Waals surface area (Å²) in [6, 6.07) is 0. The average molecular weight is 412 g/mol. The molecule has 2 heterocycles. The second-order valence-electron chi connectivity index (χ2n) is 4.88. The van der Waals surface area contributed by atoms with Crippen molar-refractivity contribution in [2.24, 2.45) is 0 Å². The zero-order chi connectivity index (χ0) is 17.4. The summed E-state index contributed by atoms with van der Waals surface area (Å²) in [6.45, 7) is 1.05. The lowest BCUT2D eigenvalue weighted by Gasteiger charge is -2.15. The third-order valence-electron chi connectivity index (χ3n) is 3.24. The van der Waals surface area contributed by atoms with Gasteiger partial charge in [0, 0.05) is 19.8 Å². The summed E-state index contributed by atoms with van der Waals surface area (Å²) in [6.07, 6.45) is 2.58. The van der Waals surface area contributed by atoms with E-state index < -0.39 is 16.6 Å². The molecule has 0 aliphatic heterocycles. The number of alkyl halides is 2. The molecule has 0 N–H and O–H groups in total. The lowest BCUT2D eigenvalue weighted by Crippen LogP contribution is -2.27. The van der Waals surface area contributed by atoms with Gasteiger partial charge in [-0.1, -0.05) is 0 Å². The molecular formula is C12H16BrF2N5O2S. The van der Waals surface area contributed by atoms with Gasteiger partial charge >= 0.3 is 6.55 Å². The maximum atomic E-state index is 12.7. The monoisotopic (exact) mass is 411 g/mol. The van der Waals surface area contributed by atoms with Gasteiger partial charge in [-0.05, 0) is 29.8 Å². The smallest absolute Gasteiger partial charge is 0.272 e. The highest BCUT2D eigenvalue weighted by molar-refractivity contribution is 9.10. The van der Waals surface area contributed by atoms with E-state index in [-0.39, 0.29) is 17.1 Å². The van der Waals surface area contributed by atoms with Gasteiger partial charge in [-0.25, -0.2) is 13.1 Å². The first kappa shape index (κ1) is 18.0. The summed E-state index contributed by atoms with van der Waals surface area (Å²) in [4.78, 5) is -0.244. The molecule has 0 radical (unpaired) electrons. The number of nitrogens with zero attached hydrogens (tertiary/aromatic N) is 5. The van der Waals surface area contributed by atoms with Crippen LogP contribution in [0.5, 0.6) is 0 Å². The van der Waals surface area contributed by atoms with Crippen LogP contribution in [0.15, 0.2) is 21.8 Å². The van der Waals surface area contributed by atoms with E-state index in [1.54, 1.807) is 10.9 Å². The van der Waals surface area contributed by atoms with E-state index >= 15 is 0 Å². The van der Waals surface area contributed by atoms with Gasteiger partial charge in [-0.15, -0.1) is 0 Å². The van der Waals surface area contributed by atoms with Crippen molar-refractivity contribution in [3.05, 3.63) is 28.3 Å². The van der Waals surface area contributed by atoms with E-state index in [0.29, 0.717) is 21.4 Å². The summed E-state index contributed by atoms with van der Waals surface area (Å²) in [5.41, 5.74) is 0.562. The lowest BCUT2D eigenvalue weighted by atomic mass is 10.4.